The van der Waals surface area contributed by atoms with Crippen LogP contribution < -0.4 is 4.90 Å². The number of carbonyl (C=O) groups excluding carboxylic acids is 2. The lowest BCUT2D eigenvalue weighted by atomic mass is 10.0. The van der Waals surface area contributed by atoms with Crippen molar-refractivity contribution in [1.29, 1.82) is 0 Å². The van der Waals surface area contributed by atoms with Crippen LogP contribution in [0.3, 0.4) is 0 Å². The molecule has 0 aliphatic carbocycles. The molecule has 27 heavy (non-hydrogen) atoms. The second-order valence-electron chi connectivity index (χ2n) is 6.78. The highest BCUT2D eigenvalue weighted by Gasteiger charge is 2.39. The molecule has 10 heteroatoms. The number of aromatic nitrogens is 4. The van der Waals surface area contributed by atoms with E-state index in [0.29, 0.717) is 38.0 Å². The lowest BCUT2D eigenvalue weighted by Gasteiger charge is -2.28. The molecule has 9 nitrogen and oxygen atoms in total. The standard InChI is InChI=1S/C17H22N6O3S/c1-3-26-9-14-20-21-17(27-14)23-7-11(6-15(23)24)16(25)22-5-4-12-13(8-22)19-10(2)18-12/h11H,3-9H2,1-2H3,(H,18,19). The fraction of sp³-hybridized carbons (Fsp3) is 0.588. The minimum atomic E-state index is -0.345. The summed E-state index contributed by atoms with van der Waals surface area (Å²) in [6, 6.07) is 0. The van der Waals surface area contributed by atoms with E-state index >= 15 is 0 Å². The Bertz CT molecular complexity index is 863. The summed E-state index contributed by atoms with van der Waals surface area (Å²) in [5.41, 5.74) is 2.04. The largest absolute Gasteiger partial charge is 0.374 e. The van der Waals surface area contributed by atoms with Crippen molar-refractivity contribution in [3.8, 4) is 0 Å². The number of nitrogens with zero attached hydrogens (tertiary/aromatic N) is 5. The van der Waals surface area contributed by atoms with Crippen LogP contribution in [-0.2, 0) is 33.9 Å². The third kappa shape index (κ3) is 3.59. The summed E-state index contributed by atoms with van der Waals surface area (Å²) >= 11 is 1.34. The van der Waals surface area contributed by atoms with Crippen molar-refractivity contribution in [2.24, 2.45) is 5.92 Å². The smallest absolute Gasteiger partial charge is 0.229 e. The van der Waals surface area contributed by atoms with E-state index in [9.17, 15) is 9.59 Å². The van der Waals surface area contributed by atoms with Gasteiger partial charge >= 0.3 is 0 Å². The molecule has 1 saturated heterocycles. The summed E-state index contributed by atoms with van der Waals surface area (Å²) in [6.07, 6.45) is 0.956. The number of amides is 2. The van der Waals surface area contributed by atoms with Gasteiger partial charge in [-0.05, 0) is 13.8 Å². The third-order valence-corrected chi connectivity index (χ3v) is 5.77. The van der Waals surface area contributed by atoms with E-state index in [2.05, 4.69) is 20.2 Å². The maximum absolute atomic E-state index is 12.9. The van der Waals surface area contributed by atoms with Crippen LogP contribution in [0.2, 0.25) is 0 Å². The van der Waals surface area contributed by atoms with Gasteiger partial charge in [0, 0.05) is 32.5 Å². The van der Waals surface area contributed by atoms with Crippen molar-refractivity contribution in [2.45, 2.75) is 39.8 Å². The van der Waals surface area contributed by atoms with Gasteiger partial charge in [-0.15, -0.1) is 10.2 Å². The molecule has 2 aliphatic rings. The fourth-order valence-corrected chi connectivity index (χ4v) is 4.35. The van der Waals surface area contributed by atoms with Crippen LogP contribution in [0.15, 0.2) is 0 Å². The zero-order valence-corrected chi connectivity index (χ0v) is 16.2. The predicted molar refractivity (Wildman–Crippen MR) is 98.1 cm³/mol. The van der Waals surface area contributed by atoms with E-state index in [0.717, 1.165) is 28.6 Å². The van der Waals surface area contributed by atoms with Gasteiger partial charge in [-0.2, -0.15) is 0 Å². The van der Waals surface area contributed by atoms with Crippen molar-refractivity contribution < 1.29 is 14.3 Å². The Hall–Kier alpha value is -2.33. The van der Waals surface area contributed by atoms with Gasteiger partial charge in [0.05, 0.1) is 23.9 Å². The first-order valence-electron chi connectivity index (χ1n) is 9.08. The van der Waals surface area contributed by atoms with Crippen molar-refractivity contribution in [2.75, 3.05) is 24.6 Å². The molecule has 4 heterocycles. The number of ether oxygens (including phenoxy) is 1. The SMILES string of the molecule is CCOCc1nnc(N2CC(C(=O)N3CCc4nc(C)[nH]c4C3)CC2=O)s1. The molecule has 0 aromatic carbocycles. The molecule has 0 saturated carbocycles. The van der Waals surface area contributed by atoms with Crippen molar-refractivity contribution in [1.82, 2.24) is 25.1 Å². The van der Waals surface area contributed by atoms with Gasteiger partial charge in [0.15, 0.2) is 0 Å². The Kier molecular flexibility index (Phi) is 4.92. The topological polar surface area (TPSA) is 104 Å². The number of aryl methyl sites for hydroxylation is 1. The van der Waals surface area contributed by atoms with Crippen molar-refractivity contribution >= 4 is 28.3 Å². The Labute approximate surface area is 160 Å². The summed E-state index contributed by atoms with van der Waals surface area (Å²) < 4.78 is 5.33. The monoisotopic (exact) mass is 390 g/mol. The molecule has 1 fully saturated rings. The molecule has 2 aromatic rings. The maximum Gasteiger partial charge on any atom is 0.229 e. The Morgan fingerprint density at radius 2 is 2.26 bits per heavy atom. The van der Waals surface area contributed by atoms with Gasteiger partial charge in [0.1, 0.15) is 17.4 Å². The van der Waals surface area contributed by atoms with E-state index in [4.69, 9.17) is 4.74 Å². The molecule has 1 unspecified atom stereocenters. The highest BCUT2D eigenvalue weighted by atomic mass is 32.1. The second-order valence-corrected chi connectivity index (χ2v) is 7.82. The third-order valence-electron chi connectivity index (χ3n) is 4.85. The number of H-pyrrole nitrogens is 1. The number of hydrogen-bond donors (Lipinski definition) is 1. The summed E-state index contributed by atoms with van der Waals surface area (Å²) in [5, 5.41) is 9.43. The first-order valence-corrected chi connectivity index (χ1v) is 9.90. The van der Waals surface area contributed by atoms with Crippen LogP contribution in [0.5, 0.6) is 0 Å². The number of hydrogen-bond acceptors (Lipinski definition) is 7. The number of fused-ring (bicyclic) bond motifs is 1. The van der Waals surface area contributed by atoms with Crippen molar-refractivity contribution in [3.63, 3.8) is 0 Å². The van der Waals surface area contributed by atoms with Gasteiger partial charge in [-0.3, -0.25) is 14.5 Å². The van der Waals surface area contributed by atoms with Crippen LogP contribution in [0.1, 0.15) is 35.6 Å². The highest BCUT2D eigenvalue weighted by Crippen LogP contribution is 2.30. The Morgan fingerprint density at radius 3 is 3.07 bits per heavy atom. The number of rotatable bonds is 5. The van der Waals surface area contributed by atoms with E-state index in [-0.39, 0.29) is 24.2 Å². The van der Waals surface area contributed by atoms with Crippen LogP contribution >= 0.6 is 11.3 Å². The fourth-order valence-electron chi connectivity index (χ4n) is 3.54. The Morgan fingerprint density at radius 1 is 1.41 bits per heavy atom. The highest BCUT2D eigenvalue weighted by molar-refractivity contribution is 7.15. The van der Waals surface area contributed by atoms with Crippen LogP contribution in [-0.4, -0.2) is 56.6 Å². The second kappa shape index (κ2) is 7.35. The van der Waals surface area contributed by atoms with Gasteiger partial charge in [-0.25, -0.2) is 4.98 Å². The predicted octanol–water partition coefficient (Wildman–Crippen LogP) is 1.04. The van der Waals surface area contributed by atoms with Crippen LogP contribution in [0.4, 0.5) is 5.13 Å². The number of nitrogens with one attached hydrogen (secondary N) is 1. The van der Waals surface area contributed by atoms with Crippen LogP contribution in [0.25, 0.3) is 0 Å². The van der Waals surface area contributed by atoms with Gasteiger partial charge in [-0.1, -0.05) is 11.3 Å². The zero-order chi connectivity index (χ0) is 19.0. The summed E-state index contributed by atoms with van der Waals surface area (Å²) in [4.78, 5) is 36.5. The number of anilines is 1. The van der Waals surface area contributed by atoms with Gasteiger partial charge in [0.25, 0.3) is 0 Å². The van der Waals surface area contributed by atoms with E-state index in [1.165, 1.54) is 11.3 Å². The molecule has 2 aromatic heterocycles. The maximum atomic E-state index is 12.9. The molecular formula is C17H22N6O3S. The molecule has 1 atom stereocenters. The van der Waals surface area contributed by atoms with E-state index in [1.54, 1.807) is 4.90 Å². The molecule has 1 N–H and O–H groups in total. The average Bonchev–Trinajstić information content (AvgIpc) is 3.35. The summed E-state index contributed by atoms with van der Waals surface area (Å²) in [7, 11) is 0. The molecule has 2 amide bonds. The number of aromatic amines is 1. The Balaban J connectivity index is 1.41. The van der Waals surface area contributed by atoms with Gasteiger partial charge in [0.2, 0.25) is 16.9 Å². The molecular weight excluding hydrogens is 368 g/mol. The molecule has 2 aliphatic heterocycles. The summed E-state index contributed by atoms with van der Waals surface area (Å²) in [5.74, 6) is 0.461. The minimum Gasteiger partial charge on any atom is -0.374 e. The molecule has 4 rings (SSSR count). The average molecular weight is 390 g/mol. The minimum absolute atomic E-state index is 0.0165. The number of carbonyl (C=O) groups is 2. The lowest BCUT2D eigenvalue weighted by Crippen LogP contribution is -2.40. The quantitative estimate of drug-likeness (QED) is 0.818. The number of imidazole rings is 1. The normalized spacial score (nSPS) is 19.6. The molecule has 144 valence electrons. The van der Waals surface area contributed by atoms with E-state index < -0.39 is 0 Å². The molecule has 0 radical (unpaired) electrons. The van der Waals surface area contributed by atoms with Crippen molar-refractivity contribution in [3.05, 3.63) is 22.2 Å². The first kappa shape index (κ1) is 18.1. The van der Waals surface area contributed by atoms with E-state index in [1.807, 2.05) is 18.7 Å². The molecule has 0 spiro atoms. The zero-order valence-electron chi connectivity index (χ0n) is 15.4. The summed E-state index contributed by atoms with van der Waals surface area (Å²) in [6.45, 7) is 6.33. The van der Waals surface area contributed by atoms with Crippen LogP contribution in [0, 0.1) is 12.8 Å². The van der Waals surface area contributed by atoms with Gasteiger partial charge < -0.3 is 14.6 Å². The first-order chi connectivity index (χ1) is 13.0. The lowest BCUT2D eigenvalue weighted by molar-refractivity contribution is -0.136. The molecule has 0 bridgehead atoms.